The highest BCUT2D eigenvalue weighted by molar-refractivity contribution is 9.10. The zero-order valence-electron chi connectivity index (χ0n) is 8.73. The first kappa shape index (κ1) is 12.5. The van der Waals surface area contributed by atoms with Crippen LogP contribution in [0.25, 0.3) is 0 Å². The van der Waals surface area contributed by atoms with E-state index in [9.17, 15) is 0 Å². The first-order chi connectivity index (χ1) is 8.19. The molecule has 0 saturated carbocycles. The van der Waals surface area contributed by atoms with Crippen molar-refractivity contribution in [2.24, 2.45) is 0 Å². The molecule has 0 atom stereocenters. The monoisotopic (exact) mass is 357 g/mol. The number of rotatable bonds is 3. The van der Waals surface area contributed by atoms with Gasteiger partial charge in [0, 0.05) is 15.1 Å². The van der Waals surface area contributed by atoms with E-state index in [1.54, 1.807) is 18.5 Å². The van der Waals surface area contributed by atoms with Crippen LogP contribution in [0.1, 0.15) is 5.56 Å². The second-order valence-corrected chi connectivity index (χ2v) is 5.12. The molecular formula is C12H9Br2NO2. The van der Waals surface area contributed by atoms with Crippen molar-refractivity contribution in [2.75, 3.05) is 0 Å². The fraction of sp³-hybridized carbons (Fsp3) is 0.0833. The topological polar surface area (TPSA) is 42.4 Å². The van der Waals surface area contributed by atoms with Crippen molar-refractivity contribution in [3.8, 4) is 11.5 Å². The van der Waals surface area contributed by atoms with Crippen molar-refractivity contribution in [2.45, 2.75) is 6.61 Å². The highest BCUT2D eigenvalue weighted by atomic mass is 79.9. The standard InChI is InChI=1S/C12H9Br2NO2/c13-9-3-11(6-15-5-9)17-10-2-1-8(7-16)12(14)4-10/h1-6,16H,7H2. The van der Waals surface area contributed by atoms with Gasteiger partial charge in [-0.15, -0.1) is 0 Å². The molecule has 2 rings (SSSR count). The Morgan fingerprint density at radius 3 is 2.59 bits per heavy atom. The number of aliphatic hydroxyl groups is 1. The quantitative estimate of drug-likeness (QED) is 0.904. The Bertz CT molecular complexity index is 532. The number of nitrogens with zero attached hydrogens (tertiary/aromatic N) is 1. The summed E-state index contributed by atoms with van der Waals surface area (Å²) in [5, 5.41) is 9.05. The molecule has 0 amide bonds. The molecule has 0 spiro atoms. The smallest absolute Gasteiger partial charge is 0.146 e. The van der Waals surface area contributed by atoms with E-state index in [1.165, 1.54) is 0 Å². The third-order valence-electron chi connectivity index (χ3n) is 2.11. The van der Waals surface area contributed by atoms with Crippen molar-refractivity contribution in [3.05, 3.63) is 51.2 Å². The van der Waals surface area contributed by atoms with Crippen LogP contribution in [0.4, 0.5) is 0 Å². The number of ether oxygens (including phenoxy) is 1. The molecule has 0 unspecified atom stereocenters. The van der Waals surface area contributed by atoms with Crippen LogP contribution in [0.2, 0.25) is 0 Å². The molecule has 1 N–H and O–H groups in total. The van der Waals surface area contributed by atoms with Crippen molar-refractivity contribution >= 4 is 31.9 Å². The normalized spacial score (nSPS) is 10.3. The lowest BCUT2D eigenvalue weighted by atomic mass is 10.2. The fourth-order valence-corrected chi connectivity index (χ4v) is 2.13. The second-order valence-electron chi connectivity index (χ2n) is 3.35. The van der Waals surface area contributed by atoms with Crippen molar-refractivity contribution in [1.82, 2.24) is 4.98 Å². The molecule has 1 aromatic carbocycles. The fourth-order valence-electron chi connectivity index (χ4n) is 1.30. The van der Waals surface area contributed by atoms with Gasteiger partial charge in [0.25, 0.3) is 0 Å². The summed E-state index contributed by atoms with van der Waals surface area (Å²) in [4.78, 5) is 4.01. The molecule has 0 saturated heterocycles. The molecular weight excluding hydrogens is 350 g/mol. The van der Waals surface area contributed by atoms with Gasteiger partial charge in [0.1, 0.15) is 11.5 Å². The summed E-state index contributed by atoms with van der Waals surface area (Å²) in [5.41, 5.74) is 0.824. The van der Waals surface area contributed by atoms with Gasteiger partial charge < -0.3 is 9.84 Å². The number of hydrogen-bond donors (Lipinski definition) is 1. The van der Waals surface area contributed by atoms with Crippen LogP contribution < -0.4 is 4.74 Å². The van der Waals surface area contributed by atoms with E-state index < -0.39 is 0 Å². The van der Waals surface area contributed by atoms with Crippen LogP contribution >= 0.6 is 31.9 Å². The van der Waals surface area contributed by atoms with E-state index >= 15 is 0 Å². The minimum Gasteiger partial charge on any atom is -0.456 e. The summed E-state index contributed by atoms with van der Waals surface area (Å²) in [7, 11) is 0. The van der Waals surface area contributed by atoms with Gasteiger partial charge in [-0.1, -0.05) is 22.0 Å². The maximum Gasteiger partial charge on any atom is 0.146 e. The lowest BCUT2D eigenvalue weighted by Crippen LogP contribution is -1.89. The maximum absolute atomic E-state index is 9.05. The van der Waals surface area contributed by atoms with Crippen molar-refractivity contribution < 1.29 is 9.84 Å². The predicted octanol–water partition coefficient (Wildman–Crippen LogP) is 3.89. The third kappa shape index (κ3) is 3.28. The Kier molecular flexibility index (Phi) is 4.15. The molecule has 0 bridgehead atoms. The zero-order chi connectivity index (χ0) is 12.3. The number of pyridine rings is 1. The number of benzene rings is 1. The Morgan fingerprint density at radius 1 is 1.12 bits per heavy atom. The number of aliphatic hydroxyl groups excluding tert-OH is 1. The number of halogens is 2. The summed E-state index contributed by atoms with van der Waals surface area (Å²) in [6.45, 7) is -0.000690. The van der Waals surface area contributed by atoms with Gasteiger partial charge in [0.05, 0.1) is 12.8 Å². The molecule has 5 heteroatoms. The summed E-state index contributed by atoms with van der Waals surface area (Å²) in [6, 6.07) is 7.26. The Morgan fingerprint density at radius 2 is 1.94 bits per heavy atom. The summed E-state index contributed by atoms with van der Waals surface area (Å²) < 4.78 is 7.32. The number of hydrogen-bond acceptors (Lipinski definition) is 3. The molecule has 0 aliphatic rings. The SMILES string of the molecule is OCc1ccc(Oc2cncc(Br)c2)cc1Br. The van der Waals surface area contributed by atoms with Crippen LogP contribution in [-0.4, -0.2) is 10.1 Å². The largest absolute Gasteiger partial charge is 0.456 e. The molecule has 2 aromatic rings. The Hall–Kier alpha value is -0.910. The minimum absolute atomic E-state index is 0.000690. The molecule has 1 heterocycles. The highest BCUT2D eigenvalue weighted by Gasteiger charge is 2.03. The molecule has 1 aromatic heterocycles. The summed E-state index contributed by atoms with van der Waals surface area (Å²) in [6.07, 6.45) is 3.33. The second kappa shape index (κ2) is 5.62. The van der Waals surface area contributed by atoms with Crippen LogP contribution in [0, 0.1) is 0 Å². The molecule has 88 valence electrons. The molecule has 0 aliphatic heterocycles. The van der Waals surface area contributed by atoms with Crippen molar-refractivity contribution in [1.29, 1.82) is 0 Å². The van der Waals surface area contributed by atoms with E-state index in [1.807, 2.05) is 18.2 Å². The van der Waals surface area contributed by atoms with Gasteiger partial charge in [-0.05, 0) is 39.7 Å². The molecule has 0 aliphatic carbocycles. The highest BCUT2D eigenvalue weighted by Crippen LogP contribution is 2.27. The molecule has 0 fully saturated rings. The van der Waals surface area contributed by atoms with Crippen LogP contribution in [0.3, 0.4) is 0 Å². The molecule has 0 radical (unpaired) electrons. The average molecular weight is 359 g/mol. The zero-order valence-corrected chi connectivity index (χ0v) is 11.9. The van der Waals surface area contributed by atoms with Crippen molar-refractivity contribution in [3.63, 3.8) is 0 Å². The van der Waals surface area contributed by atoms with Gasteiger partial charge in [-0.3, -0.25) is 4.98 Å². The maximum atomic E-state index is 9.05. The average Bonchev–Trinajstić information content (AvgIpc) is 2.29. The lowest BCUT2D eigenvalue weighted by molar-refractivity contribution is 0.281. The Labute approximate surface area is 116 Å². The molecule has 3 nitrogen and oxygen atoms in total. The summed E-state index contributed by atoms with van der Waals surface area (Å²) >= 11 is 6.70. The van der Waals surface area contributed by atoms with Gasteiger partial charge in [0.15, 0.2) is 0 Å². The number of aromatic nitrogens is 1. The predicted molar refractivity (Wildman–Crippen MR) is 72.1 cm³/mol. The van der Waals surface area contributed by atoms with Gasteiger partial charge in [-0.25, -0.2) is 0 Å². The third-order valence-corrected chi connectivity index (χ3v) is 3.28. The van der Waals surface area contributed by atoms with Gasteiger partial charge in [-0.2, -0.15) is 0 Å². The first-order valence-electron chi connectivity index (χ1n) is 4.87. The van der Waals surface area contributed by atoms with Crippen LogP contribution in [0.15, 0.2) is 45.6 Å². The lowest BCUT2D eigenvalue weighted by Gasteiger charge is -2.07. The van der Waals surface area contributed by atoms with E-state index in [-0.39, 0.29) is 6.61 Å². The van der Waals surface area contributed by atoms with Crippen LogP contribution in [0.5, 0.6) is 11.5 Å². The van der Waals surface area contributed by atoms with E-state index in [2.05, 4.69) is 36.8 Å². The Balaban J connectivity index is 2.22. The van der Waals surface area contributed by atoms with Crippen LogP contribution in [-0.2, 0) is 6.61 Å². The van der Waals surface area contributed by atoms with Gasteiger partial charge in [0.2, 0.25) is 0 Å². The first-order valence-corrected chi connectivity index (χ1v) is 6.45. The van der Waals surface area contributed by atoms with E-state index in [4.69, 9.17) is 9.84 Å². The van der Waals surface area contributed by atoms with E-state index in [0.29, 0.717) is 11.5 Å². The van der Waals surface area contributed by atoms with E-state index in [0.717, 1.165) is 14.5 Å². The van der Waals surface area contributed by atoms with Gasteiger partial charge >= 0.3 is 0 Å². The molecule has 17 heavy (non-hydrogen) atoms. The summed E-state index contributed by atoms with van der Waals surface area (Å²) in [5.74, 6) is 1.34. The minimum atomic E-state index is -0.000690.